The van der Waals surface area contributed by atoms with Gasteiger partial charge in [-0.3, -0.25) is 0 Å². The van der Waals surface area contributed by atoms with Crippen molar-refractivity contribution in [3.63, 3.8) is 0 Å². The largest absolute Gasteiger partial charge is 0.497 e. The Balaban J connectivity index is 2.10. The van der Waals surface area contributed by atoms with E-state index in [0.29, 0.717) is 11.7 Å². The Kier molecular flexibility index (Phi) is 3.59. The zero-order valence-corrected chi connectivity index (χ0v) is 13.3. The highest BCUT2D eigenvalue weighted by Gasteiger charge is 2.12. The van der Waals surface area contributed by atoms with Gasteiger partial charge in [0.1, 0.15) is 11.9 Å². The molecule has 1 radical (unpaired) electrons. The van der Waals surface area contributed by atoms with Gasteiger partial charge in [0.15, 0.2) is 10.8 Å². The molecule has 0 fully saturated rings. The third-order valence-corrected chi connectivity index (χ3v) is 4.17. The standard InChI is InChI=1S/C16H16N3OS/c1-9(2)13-8-21-16(18-13)15-17-7-11-6-12(20-4)5-10(3)14(11)19-15/h5-6,8-9H,1-4H3. The number of fused-ring (bicyclic) bond motifs is 1. The summed E-state index contributed by atoms with van der Waals surface area (Å²) in [5, 5.41) is 3.76. The first kappa shape index (κ1) is 13.9. The number of aromatic nitrogens is 3. The minimum absolute atomic E-state index is 0.408. The van der Waals surface area contributed by atoms with Crippen molar-refractivity contribution in [2.45, 2.75) is 26.7 Å². The second kappa shape index (κ2) is 5.41. The van der Waals surface area contributed by atoms with Crippen LogP contribution in [0.25, 0.3) is 21.7 Å². The van der Waals surface area contributed by atoms with Crippen LogP contribution in [0.5, 0.6) is 5.75 Å². The predicted octanol–water partition coefficient (Wildman–Crippen LogP) is 3.99. The summed E-state index contributed by atoms with van der Waals surface area (Å²) in [5.74, 6) is 1.84. The van der Waals surface area contributed by atoms with E-state index in [2.05, 4.69) is 40.4 Å². The van der Waals surface area contributed by atoms with E-state index in [0.717, 1.165) is 32.9 Å². The predicted molar refractivity (Wildman–Crippen MR) is 84.9 cm³/mol. The number of hydrogen-bond acceptors (Lipinski definition) is 5. The van der Waals surface area contributed by atoms with Crippen molar-refractivity contribution in [3.8, 4) is 16.6 Å². The van der Waals surface area contributed by atoms with Gasteiger partial charge in [-0.15, -0.1) is 11.3 Å². The lowest BCUT2D eigenvalue weighted by Crippen LogP contribution is -1.94. The van der Waals surface area contributed by atoms with E-state index in [1.807, 2.05) is 19.1 Å². The molecule has 0 aliphatic rings. The van der Waals surface area contributed by atoms with E-state index in [1.165, 1.54) is 0 Å². The molecule has 0 aliphatic carbocycles. The summed E-state index contributed by atoms with van der Waals surface area (Å²) < 4.78 is 5.26. The summed E-state index contributed by atoms with van der Waals surface area (Å²) in [4.78, 5) is 13.6. The first-order valence-corrected chi connectivity index (χ1v) is 7.66. The highest BCUT2D eigenvalue weighted by Crippen LogP contribution is 2.27. The van der Waals surface area contributed by atoms with Crippen LogP contribution in [0.15, 0.2) is 17.5 Å². The highest BCUT2D eigenvalue weighted by molar-refractivity contribution is 7.13. The lowest BCUT2D eigenvalue weighted by Gasteiger charge is -2.06. The summed E-state index contributed by atoms with van der Waals surface area (Å²) in [6.07, 6.45) is 3.05. The van der Waals surface area contributed by atoms with Gasteiger partial charge >= 0.3 is 0 Å². The summed E-state index contributed by atoms with van der Waals surface area (Å²) in [5.41, 5.74) is 3.01. The summed E-state index contributed by atoms with van der Waals surface area (Å²) >= 11 is 1.57. The summed E-state index contributed by atoms with van der Waals surface area (Å²) in [6, 6.07) is 3.86. The van der Waals surface area contributed by atoms with Gasteiger partial charge in [-0.05, 0) is 30.5 Å². The van der Waals surface area contributed by atoms with Crippen LogP contribution in [-0.4, -0.2) is 22.1 Å². The molecule has 0 amide bonds. The molecule has 0 atom stereocenters. The van der Waals surface area contributed by atoms with Crippen LogP contribution in [0.3, 0.4) is 0 Å². The number of nitrogens with zero attached hydrogens (tertiary/aromatic N) is 3. The maximum Gasteiger partial charge on any atom is 0.189 e. The average molecular weight is 298 g/mol. The molecule has 1 aromatic carbocycles. The first-order chi connectivity index (χ1) is 10.1. The molecule has 0 bridgehead atoms. The number of thiazole rings is 1. The molecule has 2 aromatic heterocycles. The molecule has 0 unspecified atom stereocenters. The number of methoxy groups -OCH3 is 1. The van der Waals surface area contributed by atoms with Gasteiger partial charge in [0.25, 0.3) is 0 Å². The average Bonchev–Trinajstić information content (AvgIpc) is 2.97. The quantitative estimate of drug-likeness (QED) is 0.733. The van der Waals surface area contributed by atoms with Gasteiger partial charge in [0, 0.05) is 10.8 Å². The second-order valence-corrected chi connectivity index (χ2v) is 6.09. The highest BCUT2D eigenvalue weighted by atomic mass is 32.1. The Labute approximate surface area is 127 Å². The zero-order valence-electron chi connectivity index (χ0n) is 12.5. The molecule has 0 saturated heterocycles. The fraction of sp³-hybridized carbons (Fsp3) is 0.312. The van der Waals surface area contributed by atoms with Gasteiger partial charge in [0.2, 0.25) is 0 Å². The van der Waals surface area contributed by atoms with Crippen molar-refractivity contribution in [1.82, 2.24) is 15.0 Å². The molecule has 3 rings (SSSR count). The lowest BCUT2D eigenvalue weighted by molar-refractivity contribution is 0.415. The maximum absolute atomic E-state index is 5.26. The van der Waals surface area contributed by atoms with Crippen molar-refractivity contribution >= 4 is 22.2 Å². The van der Waals surface area contributed by atoms with Gasteiger partial charge < -0.3 is 4.74 Å². The molecule has 2 heterocycles. The molecule has 4 nitrogen and oxygen atoms in total. The van der Waals surface area contributed by atoms with E-state index >= 15 is 0 Å². The monoisotopic (exact) mass is 298 g/mol. The fourth-order valence-electron chi connectivity index (χ4n) is 2.09. The van der Waals surface area contributed by atoms with E-state index in [9.17, 15) is 0 Å². The first-order valence-electron chi connectivity index (χ1n) is 6.78. The van der Waals surface area contributed by atoms with Crippen LogP contribution in [0.4, 0.5) is 0 Å². The third kappa shape index (κ3) is 2.61. The van der Waals surface area contributed by atoms with Gasteiger partial charge in [-0.2, -0.15) is 0 Å². The Hall–Kier alpha value is -2.01. The molecule has 3 aromatic rings. The maximum atomic E-state index is 5.26. The Morgan fingerprint density at radius 2 is 2.05 bits per heavy atom. The van der Waals surface area contributed by atoms with Gasteiger partial charge in [0.05, 0.1) is 18.3 Å². The number of ether oxygens (including phenoxy) is 1. The van der Waals surface area contributed by atoms with Crippen molar-refractivity contribution in [2.24, 2.45) is 0 Å². The van der Waals surface area contributed by atoms with Crippen molar-refractivity contribution in [1.29, 1.82) is 0 Å². The molecule has 5 heteroatoms. The summed E-state index contributed by atoms with van der Waals surface area (Å²) in [7, 11) is 1.65. The van der Waals surface area contributed by atoms with Crippen molar-refractivity contribution < 1.29 is 4.74 Å². The van der Waals surface area contributed by atoms with E-state index in [4.69, 9.17) is 4.74 Å². The van der Waals surface area contributed by atoms with Crippen molar-refractivity contribution in [3.05, 3.63) is 35.0 Å². The zero-order chi connectivity index (χ0) is 15.0. The van der Waals surface area contributed by atoms with Gasteiger partial charge in [-0.25, -0.2) is 15.0 Å². The Bertz CT molecular complexity index is 795. The molecule has 0 N–H and O–H groups in total. The Morgan fingerprint density at radius 3 is 2.71 bits per heavy atom. The van der Waals surface area contributed by atoms with Crippen LogP contribution in [0.2, 0.25) is 0 Å². The van der Waals surface area contributed by atoms with Crippen LogP contribution >= 0.6 is 11.3 Å². The third-order valence-electron chi connectivity index (χ3n) is 3.31. The van der Waals surface area contributed by atoms with Crippen LogP contribution < -0.4 is 4.74 Å². The Morgan fingerprint density at radius 1 is 1.24 bits per heavy atom. The van der Waals surface area contributed by atoms with Crippen LogP contribution in [-0.2, 0) is 0 Å². The molecule has 21 heavy (non-hydrogen) atoms. The normalized spacial score (nSPS) is 11.3. The SMILES string of the molecule is COc1cc(C)c2nc(-c3nc(C(C)C)cs3)n[c]c2c1. The molecular weight excluding hydrogens is 282 g/mol. The second-order valence-electron chi connectivity index (χ2n) is 5.23. The molecule has 0 aliphatic heterocycles. The minimum atomic E-state index is 0.408. The smallest absolute Gasteiger partial charge is 0.189 e. The number of benzene rings is 1. The molecule has 0 spiro atoms. The van der Waals surface area contributed by atoms with Crippen molar-refractivity contribution in [2.75, 3.05) is 7.11 Å². The van der Waals surface area contributed by atoms with E-state index in [1.54, 1.807) is 18.4 Å². The molecule has 107 valence electrons. The van der Waals surface area contributed by atoms with E-state index < -0.39 is 0 Å². The lowest BCUT2D eigenvalue weighted by atomic mass is 10.1. The van der Waals surface area contributed by atoms with Crippen LogP contribution in [0.1, 0.15) is 31.0 Å². The number of aryl methyl sites for hydroxylation is 1. The fourth-order valence-corrected chi connectivity index (χ4v) is 3.00. The number of hydrogen-bond donors (Lipinski definition) is 0. The molecular formula is C16H16N3OS. The van der Waals surface area contributed by atoms with E-state index in [-0.39, 0.29) is 0 Å². The van der Waals surface area contributed by atoms with Crippen LogP contribution in [0, 0.1) is 13.1 Å². The topological polar surface area (TPSA) is 47.9 Å². The number of rotatable bonds is 3. The summed E-state index contributed by atoms with van der Waals surface area (Å²) in [6.45, 7) is 6.27. The van der Waals surface area contributed by atoms with Gasteiger partial charge in [-0.1, -0.05) is 13.8 Å². The minimum Gasteiger partial charge on any atom is -0.497 e. The molecule has 0 saturated carbocycles.